The minimum absolute atomic E-state index is 0.00883. The van der Waals surface area contributed by atoms with E-state index in [1.807, 2.05) is 0 Å². The molecule has 3 fully saturated rings. The van der Waals surface area contributed by atoms with Gasteiger partial charge in [0.2, 0.25) is 0 Å². The topological polar surface area (TPSA) is 9.72 Å². The standard InChI is InChI=1S/C90H85N3/c1-52-55(4)84-77(62-33-20-21-36-80(62)91(84)58-27-14-11-15-28-58)47-70(52)65-39-41-68-76-49-74-67-38-37-61(71-50-78-85(56(5)53(71)2)92(59-29-16-12-17-30-59)89(9)45-24-22-43-87(78,89)7)63-34-26-35-64(81(63)67)73(74)48-75(76)69-42-40-66(82(65)83(68)69)72-51-79-86(57(6)54(72)3)93(60-31-18-13-19-32-60)90(10)46-25-23-44-88(79,90)8/h11-19,26-32,34-35,37-42,47-51,62,80H,20-25,33,36,43-46H2,1-10H3. The molecule has 13 aromatic carbocycles. The van der Waals surface area contributed by atoms with Gasteiger partial charge >= 0.3 is 0 Å². The quantitative estimate of drug-likeness (QED) is 0.164. The minimum atomic E-state index is -0.0468. The van der Waals surface area contributed by atoms with Gasteiger partial charge in [-0.3, -0.25) is 0 Å². The van der Waals surface area contributed by atoms with Crippen LogP contribution in [0, 0.1) is 41.5 Å². The first-order valence-corrected chi connectivity index (χ1v) is 35.5. The molecule has 0 N–H and O–H groups in total. The van der Waals surface area contributed by atoms with Gasteiger partial charge in [-0.05, 0) is 309 Å². The largest absolute Gasteiger partial charge is 0.337 e. The van der Waals surface area contributed by atoms with E-state index in [4.69, 9.17) is 0 Å². The Morgan fingerprint density at radius 1 is 0.312 bits per heavy atom. The van der Waals surface area contributed by atoms with Crippen molar-refractivity contribution in [1.29, 1.82) is 0 Å². The van der Waals surface area contributed by atoms with E-state index in [0.29, 0.717) is 12.0 Å². The lowest BCUT2D eigenvalue weighted by Crippen LogP contribution is -2.54. The fourth-order valence-electron chi connectivity index (χ4n) is 21.5. The average molecular weight is 1210 g/mol. The van der Waals surface area contributed by atoms with E-state index < -0.39 is 0 Å². The first kappa shape index (κ1) is 55.9. The van der Waals surface area contributed by atoms with E-state index in [-0.39, 0.29) is 21.9 Å². The van der Waals surface area contributed by atoms with Crippen LogP contribution in [0.15, 0.2) is 176 Å². The summed E-state index contributed by atoms with van der Waals surface area (Å²) in [6.07, 6.45) is 14.8. The molecule has 3 aliphatic heterocycles. The van der Waals surface area contributed by atoms with Gasteiger partial charge in [-0.25, -0.2) is 0 Å². The molecule has 0 bridgehead atoms. The number of benzene rings is 11. The third-order valence-electron chi connectivity index (χ3n) is 27.0. The lowest BCUT2D eigenvalue weighted by molar-refractivity contribution is 0.195. The highest BCUT2D eigenvalue weighted by molar-refractivity contribution is 6.39. The van der Waals surface area contributed by atoms with Crippen LogP contribution >= 0.6 is 0 Å². The fourth-order valence-corrected chi connectivity index (χ4v) is 21.5. The van der Waals surface area contributed by atoms with Gasteiger partial charge in [-0.1, -0.05) is 162 Å². The van der Waals surface area contributed by atoms with E-state index in [9.17, 15) is 0 Å². The number of fused-ring (bicyclic) bond motifs is 15. The summed E-state index contributed by atoms with van der Waals surface area (Å²) in [6, 6.07) is 70.1. The number of anilines is 6. The molecular formula is C90H85N3. The number of para-hydroxylation sites is 3. The van der Waals surface area contributed by atoms with Crippen molar-refractivity contribution < 1.29 is 0 Å². The van der Waals surface area contributed by atoms with Gasteiger partial charge < -0.3 is 14.7 Å². The van der Waals surface area contributed by atoms with E-state index >= 15 is 0 Å². The van der Waals surface area contributed by atoms with Gasteiger partial charge in [0.15, 0.2) is 0 Å². The van der Waals surface area contributed by atoms with E-state index in [0.717, 1.165) is 0 Å². The third kappa shape index (κ3) is 7.07. The number of rotatable bonds is 6. The van der Waals surface area contributed by atoms with Crippen molar-refractivity contribution in [2.45, 2.75) is 180 Å². The summed E-state index contributed by atoms with van der Waals surface area (Å²) in [5.74, 6) is 0.502. The molecule has 13 aromatic rings. The van der Waals surface area contributed by atoms with E-state index in [1.165, 1.54) is 254 Å². The van der Waals surface area contributed by atoms with Crippen molar-refractivity contribution >= 4 is 98.8 Å². The molecule has 0 saturated heterocycles. The molecule has 0 aromatic heterocycles. The zero-order chi connectivity index (χ0) is 62.9. The summed E-state index contributed by atoms with van der Waals surface area (Å²) in [7, 11) is 0. The minimum Gasteiger partial charge on any atom is -0.337 e. The highest BCUT2D eigenvalue weighted by Crippen LogP contribution is 2.66. The molecule has 3 nitrogen and oxygen atoms in total. The second kappa shape index (κ2) is 19.5. The zero-order valence-corrected chi connectivity index (χ0v) is 56.2. The van der Waals surface area contributed by atoms with Crippen molar-refractivity contribution in [1.82, 2.24) is 0 Å². The molecule has 6 atom stereocenters. The van der Waals surface area contributed by atoms with Crippen molar-refractivity contribution in [2.75, 3.05) is 14.7 Å². The summed E-state index contributed by atoms with van der Waals surface area (Å²) in [4.78, 5) is 8.31. The highest BCUT2D eigenvalue weighted by Gasteiger charge is 2.60. The number of hydrogen-bond donors (Lipinski definition) is 0. The van der Waals surface area contributed by atoms with Crippen LogP contribution in [0.1, 0.15) is 161 Å². The SMILES string of the molecule is Cc1c(-c2ccc3c4cc5c(cc4c4ccc(-c6cc7c(c(C)c6C)N(c6ccccc6)C6(C)CCCCC76C)c2c34)c2cccc3c(-c4cc6c(c(C)c4C)N(c4ccccc4)C4(C)CCCCC64C)ccc5c32)cc2c(c1C)N(c1ccccc1)C1CCCCC21. The van der Waals surface area contributed by atoms with Gasteiger partial charge in [-0.2, -0.15) is 0 Å². The van der Waals surface area contributed by atoms with Crippen LogP contribution in [-0.4, -0.2) is 17.1 Å². The molecule has 19 rings (SSSR count). The van der Waals surface area contributed by atoms with Crippen molar-refractivity contribution in [3.63, 3.8) is 0 Å². The highest BCUT2D eigenvalue weighted by atomic mass is 15.3. The van der Waals surface area contributed by atoms with Crippen LogP contribution in [-0.2, 0) is 10.8 Å². The monoisotopic (exact) mass is 1210 g/mol. The molecule has 93 heavy (non-hydrogen) atoms. The molecule has 0 spiro atoms. The summed E-state index contributed by atoms with van der Waals surface area (Å²) in [5.41, 5.74) is 29.5. The van der Waals surface area contributed by atoms with Crippen LogP contribution in [0.4, 0.5) is 34.1 Å². The molecule has 3 heteroatoms. The van der Waals surface area contributed by atoms with E-state index in [1.54, 1.807) is 5.56 Å². The molecule has 3 aliphatic carbocycles. The summed E-state index contributed by atoms with van der Waals surface area (Å²) >= 11 is 0. The van der Waals surface area contributed by atoms with Gasteiger partial charge in [0.1, 0.15) is 0 Å². The number of hydrogen-bond acceptors (Lipinski definition) is 3. The molecule has 460 valence electrons. The Hall–Kier alpha value is -8.66. The Morgan fingerprint density at radius 2 is 0.731 bits per heavy atom. The van der Waals surface area contributed by atoms with Crippen LogP contribution < -0.4 is 14.7 Å². The van der Waals surface area contributed by atoms with Crippen LogP contribution in [0.3, 0.4) is 0 Å². The Kier molecular flexibility index (Phi) is 11.7. The molecule has 3 saturated carbocycles. The van der Waals surface area contributed by atoms with Gasteiger partial charge in [0.25, 0.3) is 0 Å². The molecule has 6 unspecified atom stereocenters. The summed E-state index contributed by atoms with van der Waals surface area (Å²) in [6.45, 7) is 25.0. The zero-order valence-electron chi connectivity index (χ0n) is 56.2. The third-order valence-corrected chi connectivity index (χ3v) is 27.0. The van der Waals surface area contributed by atoms with E-state index in [2.05, 4.69) is 260 Å². The summed E-state index contributed by atoms with van der Waals surface area (Å²) < 4.78 is 0. The smallest absolute Gasteiger partial charge is 0.0518 e. The molecular weight excluding hydrogens is 1120 g/mol. The van der Waals surface area contributed by atoms with Gasteiger partial charge in [0, 0.05) is 56.9 Å². The van der Waals surface area contributed by atoms with Crippen LogP contribution in [0.5, 0.6) is 0 Å². The average Bonchev–Trinajstić information content (AvgIpc) is 1.54. The van der Waals surface area contributed by atoms with Crippen molar-refractivity contribution in [3.8, 4) is 33.4 Å². The lowest BCUT2D eigenvalue weighted by atomic mass is 9.61. The second-order valence-electron chi connectivity index (χ2n) is 30.8. The van der Waals surface area contributed by atoms with Crippen LogP contribution in [0.2, 0.25) is 0 Å². The van der Waals surface area contributed by atoms with Crippen molar-refractivity contribution in [3.05, 3.63) is 226 Å². The first-order chi connectivity index (χ1) is 45.1. The Labute approximate surface area is 549 Å². The Balaban J connectivity index is 0.842. The molecule has 0 radical (unpaired) electrons. The van der Waals surface area contributed by atoms with Crippen LogP contribution in [0.25, 0.3) is 98.0 Å². The molecule has 3 heterocycles. The Morgan fingerprint density at radius 3 is 1.26 bits per heavy atom. The fraction of sp³-hybridized carbons (Fsp3) is 0.311. The normalized spacial score (nSPS) is 24.0. The lowest BCUT2D eigenvalue weighted by Gasteiger charge is -2.50. The Bertz CT molecular complexity index is 5280. The first-order valence-electron chi connectivity index (χ1n) is 35.5. The van der Waals surface area contributed by atoms with Crippen molar-refractivity contribution in [2.24, 2.45) is 0 Å². The van der Waals surface area contributed by atoms with Gasteiger partial charge in [0.05, 0.1) is 11.1 Å². The maximum absolute atomic E-state index is 2.79. The van der Waals surface area contributed by atoms with Gasteiger partial charge in [-0.15, -0.1) is 0 Å². The molecule has 6 aliphatic rings. The maximum atomic E-state index is 2.79. The maximum Gasteiger partial charge on any atom is 0.0518 e. The number of nitrogens with zero attached hydrogens (tertiary/aromatic N) is 3. The molecule has 0 amide bonds. The summed E-state index contributed by atoms with van der Waals surface area (Å²) in [5, 5.41) is 16.4. The predicted octanol–water partition coefficient (Wildman–Crippen LogP) is 25.0. The second-order valence-corrected chi connectivity index (χ2v) is 30.8. The predicted molar refractivity (Wildman–Crippen MR) is 398 cm³/mol.